The Morgan fingerprint density at radius 3 is 2.41 bits per heavy atom. The summed E-state index contributed by atoms with van der Waals surface area (Å²) in [6.07, 6.45) is -3.93. The molecule has 29 heavy (non-hydrogen) atoms. The number of primary sulfonamides is 1. The predicted octanol–water partition coefficient (Wildman–Crippen LogP) is 1.85. The number of sulfonamides is 2. The van der Waals surface area contributed by atoms with Crippen molar-refractivity contribution < 1.29 is 30.0 Å². The highest BCUT2D eigenvalue weighted by Crippen LogP contribution is 2.37. The molecule has 0 amide bonds. The number of alkyl halides is 3. The van der Waals surface area contributed by atoms with Crippen LogP contribution < -0.4 is 9.44 Å². The van der Waals surface area contributed by atoms with Crippen molar-refractivity contribution in [2.45, 2.75) is 49.2 Å². The lowest BCUT2D eigenvalue weighted by molar-refractivity contribution is -0.143. The number of nitrogens with zero attached hydrogens (tertiary/aromatic N) is 3. The van der Waals surface area contributed by atoms with Gasteiger partial charge < -0.3 is 0 Å². The highest BCUT2D eigenvalue weighted by Gasteiger charge is 2.37. The Morgan fingerprint density at radius 1 is 1.17 bits per heavy atom. The lowest BCUT2D eigenvalue weighted by Crippen LogP contribution is -2.37. The van der Waals surface area contributed by atoms with Crippen LogP contribution in [0, 0.1) is 13.8 Å². The third-order valence-corrected chi connectivity index (χ3v) is 7.73. The third-order valence-electron chi connectivity index (χ3n) is 4.66. The molecule has 0 fully saturated rings. The van der Waals surface area contributed by atoms with Crippen LogP contribution in [0.25, 0.3) is 0 Å². The number of anilines is 1. The summed E-state index contributed by atoms with van der Waals surface area (Å²) in [5.41, 5.74) is 0.198. The number of nitrogens with two attached hydrogens (primary N) is 1. The van der Waals surface area contributed by atoms with Crippen LogP contribution in [-0.4, -0.2) is 39.3 Å². The molecule has 2 aromatic rings. The number of halogens is 3. The molecule has 2 heterocycles. The number of aryl methyl sites for hydroxylation is 1. The van der Waals surface area contributed by atoms with Crippen molar-refractivity contribution in [2.75, 3.05) is 10.8 Å². The standard InChI is InChI=1S/C16H19F3N4O4S2/c1-10-15(11(2)22(21-10)9-16(17,18)19)29(26,27)23-8-4-5-12-13(23)6-3-7-14(12)28(20,24)25/h3,6-7H,4-5,8-9H2,1-2H3,(H2,20,24,25). The van der Waals surface area contributed by atoms with Crippen molar-refractivity contribution in [3.8, 4) is 0 Å². The molecule has 8 nitrogen and oxygen atoms in total. The molecule has 1 aromatic heterocycles. The van der Waals surface area contributed by atoms with Crippen LogP contribution in [-0.2, 0) is 33.0 Å². The molecule has 3 rings (SSSR count). The average molecular weight is 452 g/mol. The molecule has 0 spiro atoms. The van der Waals surface area contributed by atoms with E-state index in [9.17, 15) is 30.0 Å². The second-order valence-corrected chi connectivity index (χ2v) is 10.1. The van der Waals surface area contributed by atoms with E-state index < -0.39 is 32.8 Å². The smallest absolute Gasteiger partial charge is 0.266 e. The van der Waals surface area contributed by atoms with Gasteiger partial charge in [-0.3, -0.25) is 8.99 Å². The minimum absolute atomic E-state index is 0.0483. The van der Waals surface area contributed by atoms with Crippen LogP contribution in [0.3, 0.4) is 0 Å². The maximum Gasteiger partial charge on any atom is 0.408 e. The van der Waals surface area contributed by atoms with Crippen LogP contribution >= 0.6 is 0 Å². The van der Waals surface area contributed by atoms with Gasteiger partial charge in [0.15, 0.2) is 0 Å². The molecule has 1 aliphatic heterocycles. The Hall–Kier alpha value is -2.12. The SMILES string of the molecule is Cc1nn(CC(F)(F)F)c(C)c1S(=O)(=O)N1CCCc2c1cccc2S(N)(=O)=O. The summed E-state index contributed by atoms with van der Waals surface area (Å²) < 4.78 is 90.4. The zero-order valence-electron chi connectivity index (χ0n) is 15.6. The summed E-state index contributed by atoms with van der Waals surface area (Å²) in [6.45, 7) is 1.21. The Labute approximate surface area is 166 Å². The van der Waals surface area contributed by atoms with E-state index in [1.54, 1.807) is 0 Å². The van der Waals surface area contributed by atoms with Gasteiger partial charge in [0.05, 0.1) is 22.0 Å². The minimum Gasteiger partial charge on any atom is -0.266 e. The quantitative estimate of drug-likeness (QED) is 0.760. The number of fused-ring (bicyclic) bond motifs is 1. The maximum atomic E-state index is 13.3. The van der Waals surface area contributed by atoms with Gasteiger partial charge in [0.25, 0.3) is 10.0 Å². The molecular weight excluding hydrogens is 433 g/mol. The van der Waals surface area contributed by atoms with E-state index in [1.165, 1.54) is 32.0 Å². The van der Waals surface area contributed by atoms with Crippen LogP contribution in [0.2, 0.25) is 0 Å². The largest absolute Gasteiger partial charge is 0.408 e. The lowest BCUT2D eigenvalue weighted by Gasteiger charge is -2.31. The van der Waals surface area contributed by atoms with Gasteiger partial charge >= 0.3 is 6.18 Å². The molecule has 1 aliphatic rings. The number of hydrogen-bond acceptors (Lipinski definition) is 5. The monoisotopic (exact) mass is 452 g/mol. The Balaban J connectivity index is 2.15. The van der Waals surface area contributed by atoms with Gasteiger partial charge in [0.2, 0.25) is 10.0 Å². The van der Waals surface area contributed by atoms with Crippen molar-refractivity contribution in [3.63, 3.8) is 0 Å². The number of hydrogen-bond donors (Lipinski definition) is 1. The van der Waals surface area contributed by atoms with E-state index in [2.05, 4.69) is 5.10 Å². The normalized spacial score (nSPS) is 15.4. The molecule has 160 valence electrons. The number of benzene rings is 1. The zero-order chi connectivity index (χ0) is 21.8. The fourth-order valence-electron chi connectivity index (χ4n) is 3.56. The molecule has 13 heteroatoms. The molecule has 1 aromatic carbocycles. The third kappa shape index (κ3) is 3.98. The summed E-state index contributed by atoms with van der Waals surface area (Å²) in [4.78, 5) is -0.494. The zero-order valence-corrected chi connectivity index (χ0v) is 17.2. The van der Waals surface area contributed by atoms with Crippen molar-refractivity contribution >= 4 is 25.7 Å². The molecule has 0 radical (unpaired) electrons. The fourth-order valence-corrected chi connectivity index (χ4v) is 6.29. The molecule has 2 N–H and O–H groups in total. The van der Waals surface area contributed by atoms with Crippen molar-refractivity contribution in [1.82, 2.24) is 9.78 Å². The minimum atomic E-state index is -4.56. The topological polar surface area (TPSA) is 115 Å². The average Bonchev–Trinajstić information content (AvgIpc) is 2.85. The molecular formula is C16H19F3N4O4S2. The first kappa shape index (κ1) is 21.6. The molecule has 0 saturated carbocycles. The molecule has 0 bridgehead atoms. The van der Waals surface area contributed by atoms with Crippen LogP contribution in [0.1, 0.15) is 23.4 Å². The van der Waals surface area contributed by atoms with Crippen molar-refractivity contribution in [1.29, 1.82) is 0 Å². The lowest BCUT2D eigenvalue weighted by atomic mass is 10.0. The summed E-state index contributed by atoms with van der Waals surface area (Å²) in [7, 11) is -8.36. The number of aromatic nitrogens is 2. The second-order valence-electron chi connectivity index (χ2n) is 6.75. The van der Waals surface area contributed by atoms with Gasteiger partial charge in [-0.15, -0.1) is 0 Å². The number of rotatable bonds is 4. The van der Waals surface area contributed by atoms with Gasteiger partial charge in [-0.2, -0.15) is 18.3 Å². The summed E-state index contributed by atoms with van der Waals surface area (Å²) in [6, 6.07) is 4.12. The van der Waals surface area contributed by atoms with Gasteiger partial charge in [-0.05, 0) is 44.4 Å². The maximum absolute atomic E-state index is 13.3. The van der Waals surface area contributed by atoms with E-state index in [1.807, 2.05) is 0 Å². The van der Waals surface area contributed by atoms with Crippen molar-refractivity contribution in [3.05, 3.63) is 35.2 Å². The summed E-state index contributed by atoms with van der Waals surface area (Å²) >= 11 is 0. The van der Waals surface area contributed by atoms with Crippen molar-refractivity contribution in [2.24, 2.45) is 5.14 Å². The first-order chi connectivity index (χ1) is 13.2. The van der Waals surface area contributed by atoms with E-state index in [4.69, 9.17) is 5.14 Å². The highest BCUT2D eigenvalue weighted by atomic mass is 32.2. The highest BCUT2D eigenvalue weighted by molar-refractivity contribution is 7.93. The van der Waals surface area contributed by atoms with Gasteiger partial charge in [0.1, 0.15) is 11.4 Å². The van der Waals surface area contributed by atoms with E-state index in [0.717, 1.165) is 4.31 Å². The Morgan fingerprint density at radius 2 is 1.83 bits per heavy atom. The van der Waals surface area contributed by atoms with Gasteiger partial charge in [-0.1, -0.05) is 6.07 Å². The van der Waals surface area contributed by atoms with Crippen LogP contribution in [0.5, 0.6) is 0 Å². The predicted molar refractivity (Wildman–Crippen MR) is 98.4 cm³/mol. The fraction of sp³-hybridized carbons (Fsp3) is 0.438. The molecule has 0 unspecified atom stereocenters. The first-order valence-electron chi connectivity index (χ1n) is 8.51. The Kier molecular flexibility index (Phi) is 5.20. The molecule has 0 atom stereocenters. The molecule has 0 aliphatic carbocycles. The van der Waals surface area contributed by atoms with Crippen LogP contribution in [0.15, 0.2) is 28.0 Å². The Bertz CT molecular complexity index is 1170. The van der Waals surface area contributed by atoms with Crippen LogP contribution in [0.4, 0.5) is 18.9 Å². The molecule has 0 saturated heterocycles. The van der Waals surface area contributed by atoms with E-state index in [-0.39, 0.29) is 39.0 Å². The van der Waals surface area contributed by atoms with E-state index in [0.29, 0.717) is 17.5 Å². The van der Waals surface area contributed by atoms with Gasteiger partial charge in [-0.25, -0.2) is 22.0 Å². The summed E-state index contributed by atoms with van der Waals surface area (Å²) in [5.74, 6) is 0. The first-order valence-corrected chi connectivity index (χ1v) is 11.5. The van der Waals surface area contributed by atoms with Gasteiger partial charge in [0, 0.05) is 6.54 Å². The summed E-state index contributed by atoms with van der Waals surface area (Å²) in [5, 5.41) is 8.99. The second kappa shape index (κ2) is 6.99. The van der Waals surface area contributed by atoms with E-state index >= 15 is 0 Å².